The van der Waals surface area contributed by atoms with E-state index >= 15 is 0 Å². The van der Waals surface area contributed by atoms with Crippen LogP contribution in [0.25, 0.3) is 11.1 Å². The van der Waals surface area contributed by atoms with Gasteiger partial charge in [0.25, 0.3) is 0 Å². The second kappa shape index (κ2) is 8.68. The van der Waals surface area contributed by atoms with Crippen molar-refractivity contribution in [2.45, 2.75) is 19.8 Å². The third-order valence-corrected chi connectivity index (χ3v) is 3.85. The monoisotopic (exact) mass is 328 g/mol. The Hall–Kier alpha value is -3.09. The van der Waals surface area contributed by atoms with Crippen LogP contribution in [-0.4, -0.2) is 5.84 Å². The first kappa shape index (κ1) is 18.3. The van der Waals surface area contributed by atoms with Crippen molar-refractivity contribution in [1.82, 2.24) is 0 Å². The standard InChI is InChI=1S/C23H24N2/c1-5-9-18-13-14-20(25-23(24)15-18)16-19(10-6-2)22-12-8-7-11-21(22)17(3)4/h6-13,16H,1-3,14-15H2,4H3,(H2,24,25)/b19-10+,20-16+. The van der Waals surface area contributed by atoms with Crippen LogP contribution in [0.1, 0.15) is 30.9 Å². The minimum Gasteiger partial charge on any atom is -0.387 e. The summed E-state index contributed by atoms with van der Waals surface area (Å²) in [5, 5.41) is 0. The summed E-state index contributed by atoms with van der Waals surface area (Å²) in [5.74, 6) is 0.590. The molecule has 0 amide bonds. The molecule has 2 N–H and O–H groups in total. The smallest absolute Gasteiger partial charge is 0.104 e. The third kappa shape index (κ3) is 4.94. The average Bonchev–Trinajstić information content (AvgIpc) is 2.75. The molecular weight excluding hydrogens is 304 g/mol. The van der Waals surface area contributed by atoms with Gasteiger partial charge in [0, 0.05) is 18.5 Å². The van der Waals surface area contributed by atoms with Crippen LogP contribution in [0.4, 0.5) is 0 Å². The predicted octanol–water partition coefficient (Wildman–Crippen LogP) is 5.59. The van der Waals surface area contributed by atoms with Crippen molar-refractivity contribution in [3.8, 4) is 0 Å². The first-order valence-corrected chi connectivity index (χ1v) is 8.21. The van der Waals surface area contributed by atoms with Gasteiger partial charge in [0.1, 0.15) is 5.84 Å². The summed E-state index contributed by atoms with van der Waals surface area (Å²) < 4.78 is 0. The molecule has 25 heavy (non-hydrogen) atoms. The molecule has 0 atom stereocenters. The quantitative estimate of drug-likeness (QED) is 0.555. The number of nitrogens with two attached hydrogens (primary N) is 1. The predicted molar refractivity (Wildman–Crippen MR) is 110 cm³/mol. The lowest BCUT2D eigenvalue weighted by Gasteiger charge is -2.11. The van der Waals surface area contributed by atoms with E-state index < -0.39 is 0 Å². The van der Waals surface area contributed by atoms with Crippen molar-refractivity contribution in [3.05, 3.63) is 103 Å². The molecule has 2 nitrogen and oxygen atoms in total. The molecule has 0 unspecified atom stereocenters. The Bertz CT molecular complexity index is 854. The molecule has 0 radical (unpaired) electrons. The molecule has 2 rings (SSSR count). The molecule has 1 aromatic rings. The molecule has 126 valence electrons. The van der Waals surface area contributed by atoms with Crippen molar-refractivity contribution in [2.75, 3.05) is 0 Å². The van der Waals surface area contributed by atoms with Crippen LogP contribution in [0.15, 0.2) is 96.4 Å². The van der Waals surface area contributed by atoms with E-state index in [1.807, 2.05) is 31.2 Å². The fraction of sp³-hybridized carbons (Fsp3) is 0.130. The zero-order chi connectivity index (χ0) is 18.2. The van der Waals surface area contributed by atoms with Crippen molar-refractivity contribution in [2.24, 2.45) is 10.7 Å². The number of hydrogen-bond acceptors (Lipinski definition) is 2. The van der Waals surface area contributed by atoms with Crippen molar-refractivity contribution >= 4 is 17.0 Å². The van der Waals surface area contributed by atoms with Crippen molar-refractivity contribution < 1.29 is 0 Å². The Morgan fingerprint density at radius 1 is 1.28 bits per heavy atom. The van der Waals surface area contributed by atoms with Crippen LogP contribution in [0.2, 0.25) is 0 Å². The lowest BCUT2D eigenvalue weighted by Crippen LogP contribution is -2.11. The number of allylic oxidation sites excluding steroid dienone is 7. The molecule has 1 heterocycles. The normalized spacial score (nSPS) is 16.4. The van der Waals surface area contributed by atoms with Gasteiger partial charge >= 0.3 is 0 Å². The Morgan fingerprint density at radius 2 is 2.00 bits per heavy atom. The van der Waals surface area contributed by atoms with E-state index in [4.69, 9.17) is 5.73 Å². The highest BCUT2D eigenvalue weighted by molar-refractivity contribution is 5.87. The summed E-state index contributed by atoms with van der Waals surface area (Å²) in [6.45, 7) is 13.6. The van der Waals surface area contributed by atoms with E-state index in [0.29, 0.717) is 18.7 Å². The molecule has 0 aliphatic carbocycles. The molecule has 0 saturated heterocycles. The van der Waals surface area contributed by atoms with Gasteiger partial charge in [0.15, 0.2) is 0 Å². The Kier molecular flexibility index (Phi) is 6.33. The van der Waals surface area contributed by atoms with Crippen molar-refractivity contribution in [1.29, 1.82) is 0 Å². The van der Waals surface area contributed by atoms with Crippen LogP contribution in [0, 0.1) is 0 Å². The van der Waals surface area contributed by atoms with Crippen LogP contribution in [0.3, 0.4) is 0 Å². The lowest BCUT2D eigenvalue weighted by atomic mass is 9.94. The fourth-order valence-electron chi connectivity index (χ4n) is 2.75. The number of benzene rings is 1. The highest BCUT2D eigenvalue weighted by atomic mass is 14.9. The molecule has 2 heteroatoms. The summed E-state index contributed by atoms with van der Waals surface area (Å²) in [6.07, 6.45) is 11.1. The van der Waals surface area contributed by atoms with Crippen LogP contribution < -0.4 is 5.73 Å². The highest BCUT2D eigenvalue weighted by Gasteiger charge is 2.09. The minimum atomic E-state index is 0.590. The van der Waals surface area contributed by atoms with Gasteiger partial charge in [0.2, 0.25) is 0 Å². The maximum Gasteiger partial charge on any atom is 0.104 e. The van der Waals surface area contributed by atoms with Gasteiger partial charge < -0.3 is 5.73 Å². The van der Waals surface area contributed by atoms with Crippen LogP contribution >= 0.6 is 0 Å². The summed E-state index contributed by atoms with van der Waals surface area (Å²) in [4.78, 5) is 4.57. The molecule has 1 aromatic carbocycles. The molecule has 0 bridgehead atoms. The first-order valence-electron chi connectivity index (χ1n) is 8.21. The number of aliphatic imine (C=N–C) groups is 1. The van der Waals surface area contributed by atoms with E-state index in [-0.39, 0.29) is 0 Å². The summed E-state index contributed by atoms with van der Waals surface area (Å²) in [7, 11) is 0. The van der Waals surface area contributed by atoms with Gasteiger partial charge in [-0.2, -0.15) is 0 Å². The molecule has 0 spiro atoms. The fourth-order valence-corrected chi connectivity index (χ4v) is 2.75. The molecule has 0 saturated carbocycles. The van der Waals surface area contributed by atoms with E-state index in [1.54, 1.807) is 6.08 Å². The van der Waals surface area contributed by atoms with Gasteiger partial charge in [-0.3, -0.25) is 0 Å². The average molecular weight is 328 g/mol. The van der Waals surface area contributed by atoms with Gasteiger partial charge in [0.05, 0.1) is 0 Å². The van der Waals surface area contributed by atoms with Gasteiger partial charge in [-0.05, 0) is 41.3 Å². The zero-order valence-electron chi connectivity index (χ0n) is 14.8. The van der Waals surface area contributed by atoms with Gasteiger partial charge in [-0.1, -0.05) is 67.8 Å². The van der Waals surface area contributed by atoms with Crippen molar-refractivity contribution in [3.63, 3.8) is 0 Å². The molecular formula is C23H24N2. The Balaban J connectivity index is 2.50. The second-order valence-electron chi connectivity index (χ2n) is 5.93. The topological polar surface area (TPSA) is 38.4 Å². The Labute approximate surface area is 150 Å². The van der Waals surface area contributed by atoms with Crippen LogP contribution in [0.5, 0.6) is 0 Å². The molecule has 1 aliphatic rings. The summed E-state index contributed by atoms with van der Waals surface area (Å²) >= 11 is 0. The minimum absolute atomic E-state index is 0.590. The van der Waals surface area contributed by atoms with E-state index in [9.17, 15) is 0 Å². The number of rotatable bonds is 5. The second-order valence-corrected chi connectivity index (χ2v) is 5.93. The van der Waals surface area contributed by atoms with Crippen LogP contribution in [-0.2, 0) is 0 Å². The molecule has 0 aromatic heterocycles. The van der Waals surface area contributed by atoms with E-state index in [1.165, 1.54) is 0 Å². The summed E-state index contributed by atoms with van der Waals surface area (Å²) in [6, 6.07) is 8.20. The maximum absolute atomic E-state index is 6.06. The number of hydrogen-bond donors (Lipinski definition) is 1. The maximum atomic E-state index is 6.06. The van der Waals surface area contributed by atoms with E-state index in [2.05, 4.69) is 54.7 Å². The molecule has 1 aliphatic heterocycles. The highest BCUT2D eigenvalue weighted by Crippen LogP contribution is 2.28. The van der Waals surface area contributed by atoms with Gasteiger partial charge in [-0.25, -0.2) is 4.99 Å². The van der Waals surface area contributed by atoms with E-state index in [0.717, 1.165) is 33.5 Å². The number of nitrogens with zero attached hydrogens (tertiary/aromatic N) is 1. The first-order chi connectivity index (χ1) is 12.0. The number of amidine groups is 1. The Morgan fingerprint density at radius 3 is 2.64 bits per heavy atom. The third-order valence-electron chi connectivity index (χ3n) is 3.85. The SMILES string of the molecule is C=C=CC1=CC/C(=C\C(=C/C=C)c2ccccc2C(=C)C)N=C(N)C1. The largest absolute Gasteiger partial charge is 0.387 e. The molecule has 0 fully saturated rings. The van der Waals surface area contributed by atoms with Gasteiger partial charge in [-0.15, -0.1) is 5.73 Å². The zero-order valence-corrected chi connectivity index (χ0v) is 14.8. The lowest BCUT2D eigenvalue weighted by molar-refractivity contribution is 1.17. The summed E-state index contributed by atoms with van der Waals surface area (Å²) in [5.41, 5.74) is 15.1.